The number of carbonyl (C=O) groups is 2. The van der Waals surface area contributed by atoms with E-state index in [1.165, 1.54) is 0 Å². The quantitative estimate of drug-likeness (QED) is 0.444. The first-order valence-corrected chi connectivity index (χ1v) is 11.5. The van der Waals surface area contributed by atoms with Gasteiger partial charge in [-0.05, 0) is 19.4 Å². The first-order chi connectivity index (χ1) is 12.2. The number of hydrogen-bond donors (Lipinski definition) is 0. The van der Waals surface area contributed by atoms with Crippen LogP contribution < -0.4 is 0 Å². The maximum absolute atomic E-state index is 12.7. The molecule has 0 radical (unpaired) electrons. The van der Waals surface area contributed by atoms with Crippen molar-refractivity contribution in [2.45, 2.75) is 20.0 Å². The summed E-state index contributed by atoms with van der Waals surface area (Å²) in [5.41, 5.74) is -1.55. The van der Waals surface area contributed by atoms with Crippen molar-refractivity contribution >= 4 is 32.0 Å². The summed E-state index contributed by atoms with van der Waals surface area (Å²) in [5, 5.41) is 0. The Kier molecular flexibility index (Phi) is 7.14. The van der Waals surface area contributed by atoms with Gasteiger partial charge in [-0.1, -0.05) is 34.0 Å². The first-order valence-electron chi connectivity index (χ1n) is 7.76. The van der Waals surface area contributed by atoms with Gasteiger partial charge in [0, 0.05) is 0 Å². The Bertz CT molecular complexity index is 864. The predicted octanol–water partition coefficient (Wildman–Crippen LogP) is 0.691. The molecule has 1 aromatic rings. The van der Waals surface area contributed by atoms with E-state index < -0.39 is 50.0 Å². The number of sulfonamides is 2. The summed E-state index contributed by atoms with van der Waals surface area (Å²) >= 11 is 0. The van der Waals surface area contributed by atoms with Crippen molar-refractivity contribution in [3.8, 4) is 0 Å². The van der Waals surface area contributed by atoms with Gasteiger partial charge in [-0.15, -0.1) is 0 Å². The lowest BCUT2D eigenvalue weighted by Gasteiger charge is -2.30. The van der Waals surface area contributed by atoms with Gasteiger partial charge in [0.15, 0.2) is 5.41 Å². The fraction of sp³-hybridized carbons (Fsp3) is 0.500. The Hall–Kier alpha value is -1.98. The van der Waals surface area contributed by atoms with Crippen LogP contribution in [0.5, 0.6) is 0 Å². The second kappa shape index (κ2) is 8.36. The monoisotopic (exact) mass is 421 g/mol. The van der Waals surface area contributed by atoms with Crippen LogP contribution in [0, 0.1) is 5.41 Å². The maximum Gasteiger partial charge on any atom is 0.325 e. The van der Waals surface area contributed by atoms with Gasteiger partial charge in [-0.25, -0.2) is 16.8 Å². The lowest BCUT2D eigenvalue weighted by atomic mass is 9.91. The summed E-state index contributed by atoms with van der Waals surface area (Å²) in [4.78, 5) is 24.9. The topological polar surface area (TPSA) is 124 Å². The average Bonchev–Trinajstić information content (AvgIpc) is 2.57. The summed E-state index contributed by atoms with van der Waals surface area (Å²) in [6, 6.07) is 8.63. The Labute approximate surface area is 159 Å². The Morgan fingerprint density at radius 2 is 1.52 bits per heavy atom. The number of hydrogen-bond acceptors (Lipinski definition) is 8. The van der Waals surface area contributed by atoms with Crippen LogP contribution in [0.4, 0.5) is 0 Å². The summed E-state index contributed by atoms with van der Waals surface area (Å²) < 4.78 is 57.5. The van der Waals surface area contributed by atoms with E-state index in [4.69, 9.17) is 4.74 Å². The average molecular weight is 421 g/mol. The molecule has 0 saturated carbocycles. The zero-order valence-electron chi connectivity index (χ0n) is 15.7. The highest BCUT2D eigenvalue weighted by Gasteiger charge is 2.49. The molecular weight excluding hydrogens is 398 g/mol. The zero-order valence-corrected chi connectivity index (χ0v) is 17.3. The Morgan fingerprint density at radius 1 is 1.04 bits per heavy atom. The van der Waals surface area contributed by atoms with E-state index in [-0.39, 0.29) is 3.71 Å². The molecule has 9 nitrogen and oxygen atoms in total. The predicted molar refractivity (Wildman–Crippen MR) is 97.5 cm³/mol. The number of nitrogens with zero attached hydrogens (tertiary/aromatic N) is 1. The van der Waals surface area contributed by atoms with Gasteiger partial charge in [0.1, 0.15) is 6.10 Å². The molecule has 0 bridgehead atoms. The number of benzene rings is 1. The molecule has 1 aromatic carbocycles. The van der Waals surface area contributed by atoms with Crippen molar-refractivity contribution in [3.05, 3.63) is 35.9 Å². The second-order valence-corrected chi connectivity index (χ2v) is 10.3. The summed E-state index contributed by atoms with van der Waals surface area (Å²) in [6.45, 7) is 1.66. The molecule has 0 aromatic heterocycles. The minimum Gasteiger partial charge on any atom is -0.468 e. The lowest BCUT2D eigenvalue weighted by Crippen LogP contribution is -2.51. The minimum absolute atomic E-state index is 0.0748. The van der Waals surface area contributed by atoms with Crippen molar-refractivity contribution in [2.24, 2.45) is 5.41 Å². The van der Waals surface area contributed by atoms with E-state index in [0.717, 1.165) is 14.0 Å². The van der Waals surface area contributed by atoms with Crippen molar-refractivity contribution < 1.29 is 35.9 Å². The molecule has 1 rings (SSSR count). The minimum atomic E-state index is -4.28. The molecule has 0 fully saturated rings. The van der Waals surface area contributed by atoms with E-state index in [0.29, 0.717) is 18.1 Å². The van der Waals surface area contributed by atoms with Crippen LogP contribution in [0.25, 0.3) is 0 Å². The van der Waals surface area contributed by atoms with E-state index in [2.05, 4.69) is 4.74 Å². The molecular formula is C16H23NO8S2. The van der Waals surface area contributed by atoms with Crippen molar-refractivity contribution in [3.63, 3.8) is 0 Å². The Balaban J connectivity index is 3.26. The van der Waals surface area contributed by atoms with Crippen LogP contribution in [-0.2, 0) is 39.1 Å². The van der Waals surface area contributed by atoms with Gasteiger partial charge < -0.3 is 9.47 Å². The summed E-state index contributed by atoms with van der Waals surface area (Å²) in [5.74, 6) is -2.23. The van der Waals surface area contributed by atoms with E-state index in [1.54, 1.807) is 37.3 Å². The van der Waals surface area contributed by atoms with Gasteiger partial charge in [0.05, 0.1) is 26.2 Å². The van der Waals surface area contributed by atoms with Crippen molar-refractivity contribution in [1.82, 2.24) is 3.71 Å². The van der Waals surface area contributed by atoms with Gasteiger partial charge in [-0.2, -0.15) is 0 Å². The Morgan fingerprint density at radius 3 is 1.93 bits per heavy atom. The normalized spacial score (nSPS) is 15.6. The third-order valence-corrected chi connectivity index (χ3v) is 7.19. The SMILES string of the molecule is COC(=O)C(C)(CN(S(C)(=O)=O)S(C)(=O)=O)C(=O)OC(C)c1ccccc1. The standard InChI is InChI=1S/C16H23NO8S2/c1-12(13-9-7-6-8-10-13)25-15(19)16(2,14(18)24-3)11-17(26(4,20)21)27(5,22)23/h6-10,12H,11H2,1-5H3. The molecule has 0 spiro atoms. The molecule has 0 N–H and O–H groups in total. The number of esters is 2. The highest BCUT2D eigenvalue weighted by Crippen LogP contribution is 2.28. The second-order valence-electron chi connectivity index (χ2n) is 6.24. The summed E-state index contributed by atoms with van der Waals surface area (Å²) in [6.07, 6.45) is 0.556. The molecule has 11 heteroatoms. The highest BCUT2D eigenvalue weighted by atomic mass is 32.3. The maximum atomic E-state index is 12.7. The van der Waals surface area contributed by atoms with Crippen LogP contribution in [0.15, 0.2) is 30.3 Å². The first kappa shape index (κ1) is 23.1. The molecule has 0 heterocycles. The van der Waals surface area contributed by atoms with Crippen molar-refractivity contribution in [1.29, 1.82) is 0 Å². The number of methoxy groups -OCH3 is 1. The van der Waals surface area contributed by atoms with E-state index in [9.17, 15) is 26.4 Å². The van der Waals surface area contributed by atoms with Gasteiger partial charge >= 0.3 is 11.9 Å². The van der Waals surface area contributed by atoms with Crippen LogP contribution in [0.3, 0.4) is 0 Å². The third-order valence-electron chi connectivity index (χ3n) is 3.82. The molecule has 0 aliphatic rings. The number of ether oxygens (including phenoxy) is 2. The molecule has 2 atom stereocenters. The van der Waals surface area contributed by atoms with Crippen LogP contribution in [-0.4, -0.2) is 58.7 Å². The van der Waals surface area contributed by atoms with Gasteiger partial charge in [0.25, 0.3) is 0 Å². The largest absolute Gasteiger partial charge is 0.468 e. The lowest BCUT2D eigenvalue weighted by molar-refractivity contribution is -0.172. The van der Waals surface area contributed by atoms with E-state index in [1.807, 2.05) is 0 Å². The van der Waals surface area contributed by atoms with Gasteiger partial charge in [0.2, 0.25) is 20.0 Å². The fourth-order valence-corrected chi connectivity index (χ4v) is 5.21. The smallest absolute Gasteiger partial charge is 0.325 e. The molecule has 152 valence electrons. The molecule has 0 aliphatic carbocycles. The van der Waals surface area contributed by atoms with Crippen LogP contribution in [0.2, 0.25) is 0 Å². The van der Waals surface area contributed by atoms with Crippen molar-refractivity contribution in [2.75, 3.05) is 26.2 Å². The molecule has 0 saturated heterocycles. The zero-order chi connectivity index (χ0) is 21.0. The molecule has 0 aliphatic heterocycles. The van der Waals surface area contributed by atoms with E-state index >= 15 is 0 Å². The fourth-order valence-electron chi connectivity index (χ4n) is 2.26. The number of rotatable bonds is 8. The van der Waals surface area contributed by atoms with Crippen LogP contribution >= 0.6 is 0 Å². The van der Waals surface area contributed by atoms with Gasteiger partial charge in [-0.3, -0.25) is 9.59 Å². The van der Waals surface area contributed by atoms with Crippen LogP contribution in [0.1, 0.15) is 25.5 Å². The molecule has 0 amide bonds. The number of carbonyl (C=O) groups excluding carboxylic acids is 2. The molecule has 27 heavy (non-hydrogen) atoms. The highest BCUT2D eigenvalue weighted by molar-refractivity contribution is 8.03. The molecule has 2 unspecified atom stereocenters. The third kappa shape index (κ3) is 5.75. The summed E-state index contributed by atoms with van der Waals surface area (Å²) in [7, 11) is -7.56.